The van der Waals surface area contributed by atoms with Crippen molar-refractivity contribution in [2.45, 2.75) is 68.9 Å². The molecule has 0 aromatic heterocycles. The maximum atomic E-state index is 12.8. The van der Waals surface area contributed by atoms with Crippen LogP contribution in [0.4, 0.5) is 0 Å². The van der Waals surface area contributed by atoms with Crippen molar-refractivity contribution in [2.24, 2.45) is 5.92 Å². The Kier molecular flexibility index (Phi) is 5.18. The standard InChI is InChI=1S/C22H28N2O5/c25-21(13-8-9-13)23-17-11-27-20-18(12-28-19(17)20)24-22(26)14-4-3-7-16(10-14)29-15-5-1-2-6-15/h3-4,7,10,13,15,17-20H,1-2,5-6,8-9,11-12H2,(H,23,25)(H,24,26). The SMILES string of the molecule is O=C(NC1COC2C(NC(=O)C3CC3)COC12)c1cccc(OC2CCCC2)c1. The Bertz CT molecular complexity index is 774. The summed E-state index contributed by atoms with van der Waals surface area (Å²) in [5.41, 5.74) is 0.570. The predicted octanol–water partition coefficient (Wildman–Crippen LogP) is 1.80. The monoisotopic (exact) mass is 400 g/mol. The number of benzene rings is 1. The molecule has 2 amide bonds. The average molecular weight is 400 g/mol. The van der Waals surface area contributed by atoms with E-state index in [0.717, 1.165) is 31.4 Å². The smallest absolute Gasteiger partial charge is 0.251 e. The van der Waals surface area contributed by atoms with Crippen molar-refractivity contribution in [3.8, 4) is 5.75 Å². The van der Waals surface area contributed by atoms with Crippen molar-refractivity contribution in [3.63, 3.8) is 0 Å². The van der Waals surface area contributed by atoms with Crippen molar-refractivity contribution in [3.05, 3.63) is 29.8 Å². The van der Waals surface area contributed by atoms with Crippen molar-refractivity contribution < 1.29 is 23.8 Å². The summed E-state index contributed by atoms with van der Waals surface area (Å²) < 4.78 is 17.8. The number of ether oxygens (including phenoxy) is 3. The van der Waals surface area contributed by atoms with E-state index in [1.54, 1.807) is 12.1 Å². The van der Waals surface area contributed by atoms with Crippen molar-refractivity contribution in [1.29, 1.82) is 0 Å². The second-order valence-electron chi connectivity index (χ2n) is 8.62. The summed E-state index contributed by atoms with van der Waals surface area (Å²) in [6, 6.07) is 6.97. The van der Waals surface area contributed by atoms with E-state index < -0.39 is 0 Å². The minimum absolute atomic E-state index is 0.0920. The summed E-state index contributed by atoms with van der Waals surface area (Å²) in [6.07, 6.45) is 6.32. The maximum Gasteiger partial charge on any atom is 0.251 e. The number of rotatable bonds is 6. The van der Waals surface area contributed by atoms with Crippen LogP contribution in [0.5, 0.6) is 5.75 Å². The second kappa shape index (κ2) is 7.95. The molecule has 2 saturated heterocycles. The zero-order valence-electron chi connectivity index (χ0n) is 16.5. The molecule has 0 radical (unpaired) electrons. The minimum atomic E-state index is -0.235. The Morgan fingerprint density at radius 1 is 0.931 bits per heavy atom. The van der Waals surface area contributed by atoms with Gasteiger partial charge in [-0.15, -0.1) is 0 Å². The van der Waals surface area contributed by atoms with Gasteiger partial charge in [-0.25, -0.2) is 0 Å². The Labute approximate surface area is 170 Å². The molecule has 2 aliphatic heterocycles. The Hall–Kier alpha value is -2.12. The van der Waals surface area contributed by atoms with Crippen LogP contribution in [0.25, 0.3) is 0 Å². The molecular weight excluding hydrogens is 372 g/mol. The third-order valence-corrected chi connectivity index (χ3v) is 6.35. The molecule has 0 spiro atoms. The Morgan fingerprint density at radius 3 is 2.31 bits per heavy atom. The van der Waals surface area contributed by atoms with Gasteiger partial charge in [-0.05, 0) is 56.7 Å². The molecule has 1 aromatic carbocycles. The molecule has 2 N–H and O–H groups in total. The summed E-state index contributed by atoms with van der Waals surface area (Å²) in [4.78, 5) is 24.8. The normalized spacial score (nSPS) is 31.4. The van der Waals surface area contributed by atoms with Crippen LogP contribution in [0, 0.1) is 5.92 Å². The molecule has 1 aromatic rings. The van der Waals surface area contributed by atoms with Crippen LogP contribution in [-0.2, 0) is 14.3 Å². The van der Waals surface area contributed by atoms with Crippen LogP contribution in [0.1, 0.15) is 48.9 Å². The summed E-state index contributed by atoms with van der Waals surface area (Å²) in [6.45, 7) is 0.806. The summed E-state index contributed by atoms with van der Waals surface area (Å²) >= 11 is 0. The van der Waals surface area contributed by atoms with Crippen molar-refractivity contribution >= 4 is 11.8 Å². The fourth-order valence-electron chi connectivity index (χ4n) is 4.55. The number of fused-ring (bicyclic) bond motifs is 1. The lowest BCUT2D eigenvalue weighted by Gasteiger charge is -2.19. The third-order valence-electron chi connectivity index (χ3n) is 6.35. The van der Waals surface area contributed by atoms with Crippen molar-refractivity contribution in [1.82, 2.24) is 10.6 Å². The quantitative estimate of drug-likeness (QED) is 0.761. The zero-order valence-corrected chi connectivity index (χ0v) is 16.5. The molecular formula is C22H28N2O5. The minimum Gasteiger partial charge on any atom is -0.490 e. The highest BCUT2D eigenvalue weighted by molar-refractivity contribution is 5.94. The lowest BCUT2D eigenvalue weighted by Crippen LogP contribution is -2.47. The summed E-state index contributed by atoms with van der Waals surface area (Å²) in [7, 11) is 0. The van der Waals surface area contributed by atoms with Gasteiger partial charge in [0.05, 0.1) is 31.4 Å². The van der Waals surface area contributed by atoms with Gasteiger partial charge in [-0.2, -0.15) is 0 Å². The number of amides is 2. The van der Waals surface area contributed by atoms with E-state index in [1.165, 1.54) is 12.8 Å². The number of carbonyl (C=O) groups is 2. The van der Waals surface area contributed by atoms with Gasteiger partial charge in [0.25, 0.3) is 5.91 Å². The van der Waals surface area contributed by atoms with Gasteiger partial charge in [0, 0.05) is 11.5 Å². The Balaban J connectivity index is 1.17. The van der Waals surface area contributed by atoms with Crippen LogP contribution in [0.2, 0.25) is 0 Å². The van der Waals surface area contributed by atoms with E-state index in [0.29, 0.717) is 18.8 Å². The Morgan fingerprint density at radius 2 is 1.62 bits per heavy atom. The first-order valence-electron chi connectivity index (χ1n) is 10.8. The molecule has 5 rings (SSSR count). The van der Waals surface area contributed by atoms with E-state index in [4.69, 9.17) is 14.2 Å². The molecule has 4 unspecified atom stereocenters. The van der Waals surface area contributed by atoms with Gasteiger partial charge < -0.3 is 24.8 Å². The molecule has 7 nitrogen and oxygen atoms in total. The second-order valence-corrected chi connectivity index (χ2v) is 8.62. The van der Waals surface area contributed by atoms with Gasteiger partial charge >= 0.3 is 0 Å². The summed E-state index contributed by atoms with van der Waals surface area (Å²) in [5, 5.41) is 6.08. The molecule has 2 aliphatic carbocycles. The van der Waals surface area contributed by atoms with Crippen molar-refractivity contribution in [2.75, 3.05) is 13.2 Å². The van der Waals surface area contributed by atoms with Gasteiger partial charge in [0.1, 0.15) is 18.0 Å². The van der Waals surface area contributed by atoms with E-state index in [2.05, 4.69) is 10.6 Å². The van der Waals surface area contributed by atoms with Crippen LogP contribution in [-0.4, -0.2) is 55.4 Å². The number of carbonyl (C=O) groups excluding carboxylic acids is 2. The fraction of sp³-hybridized carbons (Fsp3) is 0.636. The van der Waals surface area contributed by atoms with E-state index in [1.807, 2.05) is 12.1 Å². The molecule has 7 heteroatoms. The fourth-order valence-corrected chi connectivity index (χ4v) is 4.55. The van der Waals surface area contributed by atoms with Gasteiger partial charge in [0.2, 0.25) is 5.91 Å². The van der Waals surface area contributed by atoms with Crippen LogP contribution in [0.15, 0.2) is 24.3 Å². The molecule has 156 valence electrons. The largest absolute Gasteiger partial charge is 0.490 e. The molecule has 2 heterocycles. The molecule has 29 heavy (non-hydrogen) atoms. The highest BCUT2D eigenvalue weighted by atomic mass is 16.6. The first-order valence-corrected chi connectivity index (χ1v) is 10.8. The van der Waals surface area contributed by atoms with Gasteiger partial charge in [0.15, 0.2) is 0 Å². The van der Waals surface area contributed by atoms with Crippen LogP contribution < -0.4 is 15.4 Å². The van der Waals surface area contributed by atoms with Crippen LogP contribution >= 0.6 is 0 Å². The molecule has 4 atom stereocenters. The topological polar surface area (TPSA) is 85.9 Å². The predicted molar refractivity (Wildman–Crippen MR) is 105 cm³/mol. The number of hydrogen-bond donors (Lipinski definition) is 2. The van der Waals surface area contributed by atoms with Crippen LogP contribution in [0.3, 0.4) is 0 Å². The third kappa shape index (κ3) is 4.12. The lowest BCUT2D eigenvalue weighted by molar-refractivity contribution is -0.123. The molecule has 2 saturated carbocycles. The number of nitrogens with one attached hydrogen (secondary N) is 2. The lowest BCUT2D eigenvalue weighted by atomic mass is 10.1. The zero-order chi connectivity index (χ0) is 19.8. The van der Waals surface area contributed by atoms with E-state index >= 15 is 0 Å². The van der Waals surface area contributed by atoms with Gasteiger partial charge in [-0.3, -0.25) is 9.59 Å². The highest BCUT2D eigenvalue weighted by Crippen LogP contribution is 2.32. The first kappa shape index (κ1) is 18.9. The first-order chi connectivity index (χ1) is 14.2. The van der Waals surface area contributed by atoms with E-state index in [-0.39, 0.29) is 48.1 Å². The maximum absolute atomic E-state index is 12.8. The summed E-state index contributed by atoms with van der Waals surface area (Å²) in [5.74, 6) is 0.828. The van der Waals surface area contributed by atoms with Gasteiger partial charge in [-0.1, -0.05) is 6.07 Å². The average Bonchev–Trinajstić information content (AvgIpc) is 3.11. The number of hydrogen-bond acceptors (Lipinski definition) is 5. The highest BCUT2D eigenvalue weighted by Gasteiger charge is 2.49. The molecule has 0 bridgehead atoms. The molecule has 4 aliphatic rings. The molecule has 4 fully saturated rings. The van der Waals surface area contributed by atoms with E-state index in [9.17, 15) is 9.59 Å².